The van der Waals surface area contributed by atoms with Gasteiger partial charge in [-0.3, -0.25) is 0 Å². The van der Waals surface area contributed by atoms with E-state index in [0.29, 0.717) is 0 Å². The Morgan fingerprint density at radius 2 is 1.20 bits per heavy atom. The average molecular weight is 340 g/mol. The molecule has 0 aliphatic heterocycles. The standard InChI is InChI=1S/C23H33NO/c25-23(21-17-13-9-5-4-6-10-14-18-21)24-22-19-15-11-7-2-1-3-8-12-16-20-22/h4-6,9-10,13-14,17-19,23-25H,1-3,7-8,11-12,15-16,20H2/b5-4?,6-4?,9-5?,10-6?,13-9?,14-10?,17-13?,18-14?,21-17?,21-18?,22-19+. The number of allylic oxidation sites excluding steroid dienone is 2. The molecule has 0 bridgehead atoms. The van der Waals surface area contributed by atoms with Crippen LogP contribution in [0.3, 0.4) is 0 Å². The van der Waals surface area contributed by atoms with E-state index in [9.17, 15) is 5.11 Å². The summed E-state index contributed by atoms with van der Waals surface area (Å²) in [5, 5.41) is 14.0. The van der Waals surface area contributed by atoms with Crippen molar-refractivity contribution in [3.05, 3.63) is 71.9 Å². The van der Waals surface area contributed by atoms with Crippen molar-refractivity contribution in [2.45, 2.75) is 70.4 Å². The van der Waals surface area contributed by atoms with E-state index in [0.717, 1.165) is 18.4 Å². The fourth-order valence-corrected chi connectivity index (χ4v) is 3.18. The fourth-order valence-electron chi connectivity index (χ4n) is 3.18. The van der Waals surface area contributed by atoms with Crippen LogP contribution in [0, 0.1) is 0 Å². The molecule has 2 heteroatoms. The molecule has 0 amide bonds. The quantitative estimate of drug-likeness (QED) is 0.643. The molecule has 0 radical (unpaired) electrons. The molecule has 1 aliphatic rings. The predicted octanol–water partition coefficient (Wildman–Crippen LogP) is 6.19. The zero-order valence-corrected chi connectivity index (χ0v) is 15.4. The first-order chi connectivity index (χ1) is 12.4. The molecule has 1 aliphatic carbocycles. The second kappa shape index (κ2) is 12.5. The number of aliphatic hydroxyl groups excluding tert-OH is 1. The highest BCUT2D eigenvalue weighted by atomic mass is 16.3. The van der Waals surface area contributed by atoms with Gasteiger partial charge in [0.15, 0.2) is 6.23 Å². The van der Waals surface area contributed by atoms with Crippen LogP contribution in [0.15, 0.2) is 66.4 Å². The molecule has 1 aromatic rings. The van der Waals surface area contributed by atoms with Crippen LogP contribution in [-0.4, -0.2) is 5.11 Å². The van der Waals surface area contributed by atoms with Gasteiger partial charge in [-0.05, 0) is 25.7 Å². The van der Waals surface area contributed by atoms with Crippen LogP contribution in [0.1, 0.15) is 76.0 Å². The summed E-state index contributed by atoms with van der Waals surface area (Å²) in [6.07, 6.45) is 14.3. The summed E-state index contributed by atoms with van der Waals surface area (Å²) >= 11 is 0. The summed E-state index contributed by atoms with van der Waals surface area (Å²) in [7, 11) is 0. The van der Waals surface area contributed by atoms with Gasteiger partial charge in [-0.2, -0.15) is 0 Å². The van der Waals surface area contributed by atoms with Crippen molar-refractivity contribution < 1.29 is 5.11 Å². The van der Waals surface area contributed by atoms with E-state index in [1.165, 1.54) is 57.1 Å². The Labute approximate surface area is 153 Å². The molecule has 0 heterocycles. The van der Waals surface area contributed by atoms with Crippen LogP contribution in [0.5, 0.6) is 0 Å². The number of rotatable bonds is 3. The van der Waals surface area contributed by atoms with Gasteiger partial charge in [0.25, 0.3) is 0 Å². The molecular weight excluding hydrogens is 306 g/mol. The maximum atomic E-state index is 10.6. The molecule has 1 unspecified atom stereocenters. The van der Waals surface area contributed by atoms with Crippen LogP contribution in [0.2, 0.25) is 0 Å². The highest BCUT2D eigenvalue weighted by molar-refractivity contribution is 5.16. The van der Waals surface area contributed by atoms with Gasteiger partial charge in [-0.25, -0.2) is 0 Å². The van der Waals surface area contributed by atoms with Crippen LogP contribution < -0.4 is 5.32 Å². The third-order valence-electron chi connectivity index (χ3n) is 4.67. The van der Waals surface area contributed by atoms with Gasteiger partial charge in [0, 0.05) is 11.3 Å². The van der Waals surface area contributed by atoms with Crippen molar-refractivity contribution in [1.29, 1.82) is 0 Å². The summed E-state index contributed by atoms with van der Waals surface area (Å²) in [5.74, 6) is 0. The highest BCUT2D eigenvalue weighted by Gasteiger charge is 2.08. The zero-order valence-electron chi connectivity index (χ0n) is 15.4. The molecule has 2 rings (SSSR count). The predicted molar refractivity (Wildman–Crippen MR) is 106 cm³/mol. The third-order valence-corrected chi connectivity index (χ3v) is 4.67. The summed E-state index contributed by atoms with van der Waals surface area (Å²) in [4.78, 5) is 0. The minimum absolute atomic E-state index is 0.670. The summed E-state index contributed by atoms with van der Waals surface area (Å²) in [5.41, 5.74) is 2.07. The maximum absolute atomic E-state index is 10.6. The van der Waals surface area contributed by atoms with Gasteiger partial charge in [0.2, 0.25) is 0 Å². The highest BCUT2D eigenvalue weighted by Crippen LogP contribution is 2.18. The van der Waals surface area contributed by atoms with Crippen LogP contribution in [-0.2, 0) is 0 Å². The van der Waals surface area contributed by atoms with Crippen LogP contribution in [0.25, 0.3) is 0 Å². The lowest BCUT2D eigenvalue weighted by Gasteiger charge is -2.18. The van der Waals surface area contributed by atoms with E-state index in [-0.39, 0.29) is 0 Å². The molecular formula is C23H33NO. The van der Waals surface area contributed by atoms with E-state index in [1.807, 2.05) is 54.6 Å². The van der Waals surface area contributed by atoms with Crippen LogP contribution >= 0.6 is 0 Å². The smallest absolute Gasteiger partial charge is 0.150 e. The first-order valence-electron chi connectivity index (χ1n) is 9.88. The number of hydrogen-bond donors (Lipinski definition) is 2. The van der Waals surface area contributed by atoms with Crippen molar-refractivity contribution >= 4 is 0 Å². The van der Waals surface area contributed by atoms with Crippen molar-refractivity contribution in [3.8, 4) is 0 Å². The van der Waals surface area contributed by atoms with E-state index in [4.69, 9.17) is 0 Å². The largest absolute Gasteiger partial charge is 0.369 e. The number of aliphatic hydroxyl groups is 1. The van der Waals surface area contributed by atoms with Gasteiger partial charge in [-0.15, -0.1) is 0 Å². The van der Waals surface area contributed by atoms with Crippen molar-refractivity contribution in [2.24, 2.45) is 0 Å². The zero-order chi connectivity index (χ0) is 17.6. The molecule has 2 N–H and O–H groups in total. The van der Waals surface area contributed by atoms with E-state index < -0.39 is 6.23 Å². The molecule has 1 aromatic carbocycles. The van der Waals surface area contributed by atoms with E-state index in [1.54, 1.807) is 0 Å². The average Bonchev–Trinajstić information content (AvgIpc) is 2.61. The SMILES string of the molecule is OC(N/C1=C/CCCCCCCCCC1)c1ccccccccc1. The minimum Gasteiger partial charge on any atom is -0.369 e. The third kappa shape index (κ3) is 8.74. The monoisotopic (exact) mass is 339 g/mol. The van der Waals surface area contributed by atoms with Crippen molar-refractivity contribution in [1.82, 2.24) is 5.32 Å². The number of hydrogen-bond acceptors (Lipinski definition) is 2. The van der Waals surface area contributed by atoms with E-state index in [2.05, 4.69) is 11.4 Å². The van der Waals surface area contributed by atoms with Crippen molar-refractivity contribution in [2.75, 3.05) is 0 Å². The minimum atomic E-state index is -0.670. The molecule has 0 saturated heterocycles. The molecule has 0 spiro atoms. The van der Waals surface area contributed by atoms with E-state index >= 15 is 0 Å². The Balaban J connectivity index is 2.03. The van der Waals surface area contributed by atoms with Crippen molar-refractivity contribution in [3.63, 3.8) is 0 Å². The lowest BCUT2D eigenvalue weighted by Crippen LogP contribution is -2.20. The molecule has 25 heavy (non-hydrogen) atoms. The van der Waals surface area contributed by atoms with Gasteiger partial charge < -0.3 is 10.4 Å². The summed E-state index contributed by atoms with van der Waals surface area (Å²) in [6.45, 7) is 0. The maximum Gasteiger partial charge on any atom is 0.150 e. The normalized spacial score (nSPS) is 20.0. The summed E-state index contributed by atoms with van der Waals surface area (Å²) < 4.78 is 0. The van der Waals surface area contributed by atoms with Gasteiger partial charge in [0.1, 0.15) is 0 Å². The van der Waals surface area contributed by atoms with Crippen LogP contribution in [0.4, 0.5) is 0 Å². The lowest BCUT2D eigenvalue weighted by molar-refractivity contribution is 0.150. The number of nitrogens with one attached hydrogen (secondary N) is 1. The Hall–Kier alpha value is -1.80. The Kier molecular flexibility index (Phi) is 9.80. The first kappa shape index (κ1) is 19.5. The molecule has 0 fully saturated rings. The fraction of sp³-hybridized carbons (Fsp3) is 0.478. The molecule has 0 aromatic heterocycles. The van der Waals surface area contributed by atoms with Gasteiger partial charge in [-0.1, -0.05) is 99.2 Å². The molecule has 136 valence electrons. The summed E-state index contributed by atoms with van der Waals surface area (Å²) in [6, 6.07) is 17.8. The second-order valence-electron chi connectivity index (χ2n) is 6.82. The molecule has 1 atom stereocenters. The Morgan fingerprint density at radius 1 is 0.680 bits per heavy atom. The van der Waals surface area contributed by atoms with Gasteiger partial charge >= 0.3 is 0 Å². The topological polar surface area (TPSA) is 32.3 Å². The Morgan fingerprint density at radius 3 is 1.84 bits per heavy atom. The first-order valence-corrected chi connectivity index (χ1v) is 9.88. The lowest BCUT2D eigenvalue weighted by atomic mass is 10.0. The molecule has 0 saturated carbocycles. The Bertz CT molecular complexity index is 541. The molecule has 2 nitrogen and oxygen atoms in total. The van der Waals surface area contributed by atoms with Gasteiger partial charge in [0.05, 0.1) is 0 Å². The second-order valence-corrected chi connectivity index (χ2v) is 6.82.